The van der Waals surface area contributed by atoms with Gasteiger partial charge in [0.05, 0.1) is 5.56 Å². The van der Waals surface area contributed by atoms with Crippen LogP contribution in [0.5, 0.6) is 0 Å². The minimum Gasteiger partial charge on any atom is -0.384 e. The molecule has 2 rings (SSSR count). The molecule has 0 saturated heterocycles. The van der Waals surface area contributed by atoms with Gasteiger partial charge in [0.2, 0.25) is 0 Å². The fourth-order valence-electron chi connectivity index (χ4n) is 1.42. The molecule has 1 aromatic carbocycles. The van der Waals surface area contributed by atoms with Crippen LogP contribution < -0.4 is 11.5 Å². The van der Waals surface area contributed by atoms with Gasteiger partial charge in [-0.25, -0.2) is 9.97 Å². The van der Waals surface area contributed by atoms with E-state index in [2.05, 4.69) is 9.97 Å². The Morgan fingerprint density at radius 2 is 1.39 bits per heavy atom. The predicted molar refractivity (Wildman–Crippen MR) is 61.3 cm³/mol. The quantitative estimate of drug-likeness (QED) is 0.818. The van der Waals surface area contributed by atoms with E-state index in [0.717, 1.165) is 12.1 Å². The largest absolute Gasteiger partial charge is 0.416 e. The van der Waals surface area contributed by atoms with Gasteiger partial charge in [0.25, 0.3) is 0 Å². The molecule has 0 atom stereocenters. The number of aromatic nitrogens is 2. The zero-order valence-corrected chi connectivity index (χ0v) is 9.07. The molecule has 4 nitrogen and oxygen atoms in total. The van der Waals surface area contributed by atoms with Crippen LogP contribution in [-0.4, -0.2) is 9.97 Å². The summed E-state index contributed by atoms with van der Waals surface area (Å²) in [5.41, 5.74) is 10.7. The van der Waals surface area contributed by atoms with Crippen molar-refractivity contribution in [2.24, 2.45) is 0 Å². The molecule has 0 unspecified atom stereocenters. The molecule has 1 aromatic heterocycles. The Morgan fingerprint density at radius 1 is 0.889 bits per heavy atom. The van der Waals surface area contributed by atoms with Crippen molar-refractivity contribution < 1.29 is 13.2 Å². The summed E-state index contributed by atoms with van der Waals surface area (Å²) in [4.78, 5) is 7.80. The van der Waals surface area contributed by atoms with Crippen molar-refractivity contribution in [3.63, 3.8) is 0 Å². The maximum atomic E-state index is 12.4. The molecular weight excluding hydrogens is 245 g/mol. The highest BCUT2D eigenvalue weighted by Crippen LogP contribution is 2.30. The van der Waals surface area contributed by atoms with Crippen LogP contribution in [0.3, 0.4) is 0 Å². The monoisotopic (exact) mass is 254 g/mol. The van der Waals surface area contributed by atoms with Gasteiger partial charge >= 0.3 is 6.18 Å². The Kier molecular flexibility index (Phi) is 2.82. The fourth-order valence-corrected chi connectivity index (χ4v) is 1.42. The summed E-state index contributed by atoms with van der Waals surface area (Å²) in [6.45, 7) is 0. The van der Waals surface area contributed by atoms with Crippen LogP contribution in [0.25, 0.3) is 11.4 Å². The topological polar surface area (TPSA) is 77.8 Å². The lowest BCUT2D eigenvalue weighted by Crippen LogP contribution is -2.04. The summed E-state index contributed by atoms with van der Waals surface area (Å²) in [6.07, 6.45) is -4.37. The number of hydrogen-bond donors (Lipinski definition) is 2. The molecule has 0 aliphatic carbocycles. The van der Waals surface area contributed by atoms with Gasteiger partial charge in [-0.3, -0.25) is 0 Å². The molecule has 7 heteroatoms. The Bertz CT molecular complexity index is 543. The van der Waals surface area contributed by atoms with E-state index in [0.29, 0.717) is 5.56 Å². The van der Waals surface area contributed by atoms with E-state index in [9.17, 15) is 13.2 Å². The Balaban J connectivity index is 2.40. The van der Waals surface area contributed by atoms with Crippen molar-refractivity contribution in [2.75, 3.05) is 11.5 Å². The number of halogens is 3. The maximum Gasteiger partial charge on any atom is 0.416 e. The molecule has 94 valence electrons. The van der Waals surface area contributed by atoms with Gasteiger partial charge < -0.3 is 11.5 Å². The van der Waals surface area contributed by atoms with Gasteiger partial charge in [-0.15, -0.1) is 0 Å². The minimum absolute atomic E-state index is 0.164. The van der Waals surface area contributed by atoms with Crippen molar-refractivity contribution in [3.05, 3.63) is 35.9 Å². The van der Waals surface area contributed by atoms with E-state index in [1.54, 1.807) is 0 Å². The van der Waals surface area contributed by atoms with E-state index in [4.69, 9.17) is 11.5 Å². The number of benzene rings is 1. The van der Waals surface area contributed by atoms with Crippen molar-refractivity contribution >= 4 is 11.6 Å². The zero-order valence-electron chi connectivity index (χ0n) is 9.07. The Labute approximate surface area is 100 Å². The molecule has 2 aromatic rings. The number of nitrogens with two attached hydrogens (primary N) is 2. The summed E-state index contributed by atoms with van der Waals surface area (Å²) in [7, 11) is 0. The molecule has 0 aliphatic rings. The molecule has 1 heterocycles. The minimum atomic E-state index is -4.37. The molecule has 0 saturated carbocycles. The average molecular weight is 254 g/mol. The molecule has 18 heavy (non-hydrogen) atoms. The Morgan fingerprint density at radius 3 is 1.83 bits per heavy atom. The third kappa shape index (κ3) is 2.50. The van der Waals surface area contributed by atoms with E-state index >= 15 is 0 Å². The van der Waals surface area contributed by atoms with Gasteiger partial charge in [0, 0.05) is 11.6 Å². The van der Waals surface area contributed by atoms with Crippen LogP contribution in [0.15, 0.2) is 30.3 Å². The van der Waals surface area contributed by atoms with Crippen LogP contribution in [0.2, 0.25) is 0 Å². The molecule has 0 fully saturated rings. The predicted octanol–water partition coefficient (Wildman–Crippen LogP) is 2.33. The lowest BCUT2D eigenvalue weighted by molar-refractivity contribution is -0.137. The highest BCUT2D eigenvalue weighted by atomic mass is 19.4. The third-order valence-electron chi connectivity index (χ3n) is 2.24. The summed E-state index contributed by atoms with van der Waals surface area (Å²) < 4.78 is 37.1. The standard InChI is InChI=1S/C11H9F3N4/c12-11(13,14)7-3-1-6(2-4-7)10-17-8(15)5-9(16)18-10/h1-5H,(H4,15,16,17,18). The van der Waals surface area contributed by atoms with E-state index in [1.807, 2.05) is 0 Å². The molecule has 0 amide bonds. The molecule has 0 spiro atoms. The zero-order chi connectivity index (χ0) is 13.3. The first-order chi connectivity index (χ1) is 8.36. The van der Waals surface area contributed by atoms with Gasteiger partial charge in [0.15, 0.2) is 5.82 Å². The number of rotatable bonds is 1. The van der Waals surface area contributed by atoms with E-state index < -0.39 is 11.7 Å². The molecule has 0 aliphatic heterocycles. The summed E-state index contributed by atoms with van der Waals surface area (Å²) >= 11 is 0. The number of anilines is 2. The van der Waals surface area contributed by atoms with Gasteiger partial charge in [-0.1, -0.05) is 12.1 Å². The lowest BCUT2D eigenvalue weighted by atomic mass is 10.1. The van der Waals surface area contributed by atoms with Gasteiger partial charge in [-0.05, 0) is 12.1 Å². The van der Waals surface area contributed by atoms with Crippen LogP contribution in [0.4, 0.5) is 24.8 Å². The van der Waals surface area contributed by atoms with Crippen LogP contribution in [0, 0.1) is 0 Å². The highest BCUT2D eigenvalue weighted by Gasteiger charge is 2.30. The molecule has 0 radical (unpaired) electrons. The van der Waals surface area contributed by atoms with Crippen molar-refractivity contribution in [1.82, 2.24) is 9.97 Å². The first-order valence-electron chi connectivity index (χ1n) is 4.94. The van der Waals surface area contributed by atoms with Crippen molar-refractivity contribution in [3.8, 4) is 11.4 Å². The normalized spacial score (nSPS) is 11.5. The second-order valence-corrected chi connectivity index (χ2v) is 3.62. The van der Waals surface area contributed by atoms with Gasteiger partial charge in [0.1, 0.15) is 11.6 Å². The number of nitrogen functional groups attached to an aromatic ring is 2. The molecule has 4 N–H and O–H groups in total. The smallest absolute Gasteiger partial charge is 0.384 e. The van der Waals surface area contributed by atoms with Crippen LogP contribution in [0.1, 0.15) is 5.56 Å². The Hall–Kier alpha value is -2.31. The lowest BCUT2D eigenvalue weighted by Gasteiger charge is -2.07. The van der Waals surface area contributed by atoms with Crippen molar-refractivity contribution in [2.45, 2.75) is 6.18 Å². The van der Waals surface area contributed by atoms with Crippen LogP contribution in [-0.2, 0) is 6.18 Å². The average Bonchev–Trinajstić information content (AvgIpc) is 2.27. The van der Waals surface area contributed by atoms with E-state index in [1.165, 1.54) is 18.2 Å². The second-order valence-electron chi connectivity index (χ2n) is 3.62. The third-order valence-corrected chi connectivity index (χ3v) is 2.24. The number of alkyl halides is 3. The second kappa shape index (κ2) is 4.17. The summed E-state index contributed by atoms with van der Waals surface area (Å²) in [6, 6.07) is 5.83. The fraction of sp³-hybridized carbons (Fsp3) is 0.0909. The highest BCUT2D eigenvalue weighted by molar-refractivity contribution is 5.59. The number of nitrogens with zero attached hydrogens (tertiary/aromatic N) is 2. The maximum absolute atomic E-state index is 12.4. The SMILES string of the molecule is Nc1cc(N)nc(-c2ccc(C(F)(F)F)cc2)n1. The molecular formula is C11H9F3N4. The first-order valence-corrected chi connectivity index (χ1v) is 4.94. The van der Waals surface area contributed by atoms with Crippen LogP contribution >= 0.6 is 0 Å². The van der Waals surface area contributed by atoms with Gasteiger partial charge in [-0.2, -0.15) is 13.2 Å². The first kappa shape index (κ1) is 12.2. The van der Waals surface area contributed by atoms with E-state index in [-0.39, 0.29) is 17.5 Å². The summed E-state index contributed by atoms with van der Waals surface area (Å²) in [5, 5.41) is 0. The summed E-state index contributed by atoms with van der Waals surface area (Å²) in [5.74, 6) is 0.524. The van der Waals surface area contributed by atoms with Crippen molar-refractivity contribution in [1.29, 1.82) is 0 Å². The number of hydrogen-bond acceptors (Lipinski definition) is 4. The molecule has 0 bridgehead atoms.